The van der Waals surface area contributed by atoms with Crippen LogP contribution in [-0.2, 0) is 4.79 Å². The molecule has 0 aliphatic rings. The second-order valence-corrected chi connectivity index (χ2v) is 6.63. The smallest absolute Gasteiger partial charge is 0.480 e. The Labute approximate surface area is 180 Å². The Morgan fingerprint density at radius 2 is 1.31 bits per heavy atom. The number of carbonyl (C=O) groups excluding carboxylic acids is 2. The largest absolute Gasteiger partial charge is 0.491 e. The van der Waals surface area contributed by atoms with Crippen LogP contribution in [0.3, 0.4) is 0 Å². The predicted octanol–water partition coefficient (Wildman–Crippen LogP) is -2.67. The number of hydrogen-bond acceptors (Lipinski definition) is 7. The van der Waals surface area contributed by atoms with Crippen LogP contribution in [0, 0.1) is 11.6 Å². The average molecular weight is 450 g/mol. The van der Waals surface area contributed by atoms with E-state index < -0.39 is 60.6 Å². The molecule has 1 unspecified atom stereocenters. The van der Waals surface area contributed by atoms with Crippen molar-refractivity contribution in [2.24, 2.45) is 0 Å². The van der Waals surface area contributed by atoms with Crippen molar-refractivity contribution in [3.8, 4) is 0 Å². The number of hydrogen-bond donors (Lipinski definition) is 7. The molecule has 0 aliphatic heterocycles. The predicted molar refractivity (Wildman–Crippen MR) is 108 cm³/mol. The summed E-state index contributed by atoms with van der Waals surface area (Å²) in [5.74, 6) is -5.22. The number of carboxylic acids is 1. The normalized spacial score (nSPS) is 11.4. The van der Waals surface area contributed by atoms with Gasteiger partial charge in [-0.2, -0.15) is 0 Å². The highest BCUT2D eigenvalue weighted by atomic mass is 19.1. The molecule has 14 heteroatoms. The maximum atomic E-state index is 13.8. The van der Waals surface area contributed by atoms with Crippen molar-refractivity contribution in [3.05, 3.63) is 59.2 Å². The summed E-state index contributed by atoms with van der Waals surface area (Å²) in [6.45, 7) is -0.230. The van der Waals surface area contributed by atoms with Crippen LogP contribution < -0.4 is 21.6 Å². The fourth-order valence-corrected chi connectivity index (χ4v) is 2.69. The summed E-state index contributed by atoms with van der Waals surface area (Å²) in [5.41, 5.74) is -1.29. The standard InChI is InChI=1S/C18H18B2F2N2O8/c21-13-7-9(1-3-11(13)19(29)30)16(25)23-6-5-15(18(27)28)24-17(26)10-2-4-12(20(31)32)14(22)8-10/h1-4,7-8,15,29-32H,5-6H2,(H,23,25)(H,24,26)(H,27,28). The van der Waals surface area contributed by atoms with Gasteiger partial charge in [-0.25, -0.2) is 13.6 Å². The summed E-state index contributed by atoms with van der Waals surface area (Å²) >= 11 is 0. The van der Waals surface area contributed by atoms with E-state index >= 15 is 0 Å². The van der Waals surface area contributed by atoms with Crippen molar-refractivity contribution in [1.29, 1.82) is 0 Å². The number of aliphatic carboxylic acids is 1. The van der Waals surface area contributed by atoms with E-state index in [1.165, 1.54) is 0 Å². The number of amides is 2. The molecule has 0 bridgehead atoms. The van der Waals surface area contributed by atoms with Gasteiger partial charge in [-0.1, -0.05) is 12.1 Å². The lowest BCUT2D eigenvalue weighted by Gasteiger charge is -2.15. The first-order valence-corrected chi connectivity index (χ1v) is 9.14. The number of benzene rings is 2. The van der Waals surface area contributed by atoms with E-state index in [9.17, 15) is 28.3 Å². The molecule has 7 N–H and O–H groups in total. The van der Waals surface area contributed by atoms with Gasteiger partial charge in [0.05, 0.1) is 0 Å². The zero-order valence-corrected chi connectivity index (χ0v) is 16.3. The van der Waals surface area contributed by atoms with Gasteiger partial charge in [0.2, 0.25) is 0 Å². The van der Waals surface area contributed by atoms with E-state index in [2.05, 4.69) is 10.6 Å². The van der Waals surface area contributed by atoms with Gasteiger partial charge < -0.3 is 35.8 Å². The van der Waals surface area contributed by atoms with Gasteiger partial charge in [0.15, 0.2) is 0 Å². The Kier molecular flexibility index (Phi) is 8.43. The molecule has 0 saturated heterocycles. The number of halogens is 2. The minimum Gasteiger partial charge on any atom is -0.480 e. The van der Waals surface area contributed by atoms with Crippen LogP contribution in [0.5, 0.6) is 0 Å². The molecular weight excluding hydrogens is 432 g/mol. The molecule has 0 heterocycles. The molecule has 2 rings (SSSR count). The summed E-state index contributed by atoms with van der Waals surface area (Å²) in [6.07, 6.45) is -0.265. The number of rotatable bonds is 9. The number of carboxylic acid groups (broad SMARTS) is 1. The molecule has 0 aliphatic carbocycles. The summed E-state index contributed by atoms with van der Waals surface area (Å²) in [4.78, 5) is 35.7. The first-order valence-electron chi connectivity index (χ1n) is 9.14. The molecule has 32 heavy (non-hydrogen) atoms. The molecule has 2 amide bonds. The van der Waals surface area contributed by atoms with E-state index in [4.69, 9.17) is 20.1 Å². The van der Waals surface area contributed by atoms with Crippen molar-refractivity contribution in [2.45, 2.75) is 12.5 Å². The third-order valence-corrected chi connectivity index (χ3v) is 4.40. The highest BCUT2D eigenvalue weighted by Crippen LogP contribution is 2.05. The van der Waals surface area contributed by atoms with Crippen LogP contribution >= 0.6 is 0 Å². The van der Waals surface area contributed by atoms with Crippen LogP contribution in [0.15, 0.2) is 36.4 Å². The Balaban J connectivity index is 1.97. The van der Waals surface area contributed by atoms with E-state index in [-0.39, 0.29) is 24.1 Å². The molecule has 2 aromatic rings. The Bertz CT molecular complexity index is 1020. The van der Waals surface area contributed by atoms with Crippen molar-refractivity contribution in [3.63, 3.8) is 0 Å². The monoisotopic (exact) mass is 450 g/mol. The van der Waals surface area contributed by atoms with Crippen LogP contribution in [0.25, 0.3) is 0 Å². The van der Waals surface area contributed by atoms with Crippen LogP contribution in [0.4, 0.5) is 8.78 Å². The molecule has 1 atom stereocenters. The van der Waals surface area contributed by atoms with E-state index in [0.29, 0.717) is 6.07 Å². The quantitative estimate of drug-likeness (QED) is 0.203. The molecule has 168 valence electrons. The molecule has 10 nitrogen and oxygen atoms in total. The first kappa shape index (κ1) is 24.9. The highest BCUT2D eigenvalue weighted by Gasteiger charge is 2.23. The third kappa shape index (κ3) is 6.34. The maximum Gasteiger partial charge on any atom is 0.491 e. The zero-order chi connectivity index (χ0) is 24.0. The van der Waals surface area contributed by atoms with Crippen molar-refractivity contribution in [1.82, 2.24) is 10.6 Å². The Morgan fingerprint density at radius 1 is 0.844 bits per heavy atom. The van der Waals surface area contributed by atoms with Crippen LogP contribution in [0.1, 0.15) is 27.1 Å². The Morgan fingerprint density at radius 3 is 1.72 bits per heavy atom. The number of nitrogens with one attached hydrogen (secondary N) is 2. The minimum atomic E-state index is -2.08. The maximum absolute atomic E-state index is 13.8. The van der Waals surface area contributed by atoms with Gasteiger partial charge in [0.1, 0.15) is 17.7 Å². The highest BCUT2D eigenvalue weighted by molar-refractivity contribution is 6.59. The van der Waals surface area contributed by atoms with Gasteiger partial charge in [-0.3, -0.25) is 9.59 Å². The van der Waals surface area contributed by atoms with E-state index in [1.54, 1.807) is 0 Å². The van der Waals surface area contributed by atoms with E-state index in [0.717, 1.165) is 30.3 Å². The molecule has 0 fully saturated rings. The summed E-state index contributed by atoms with van der Waals surface area (Å²) < 4.78 is 27.5. The fourth-order valence-electron chi connectivity index (χ4n) is 2.69. The van der Waals surface area contributed by atoms with Gasteiger partial charge in [0, 0.05) is 28.6 Å². The molecule has 0 spiro atoms. The fraction of sp³-hybridized carbons (Fsp3) is 0.167. The van der Waals surface area contributed by atoms with Crippen molar-refractivity contribution >= 4 is 42.9 Å². The second-order valence-electron chi connectivity index (χ2n) is 6.63. The molecular formula is C18H18B2F2N2O8. The molecule has 2 aromatic carbocycles. The average Bonchev–Trinajstić information content (AvgIpc) is 2.71. The van der Waals surface area contributed by atoms with Crippen LogP contribution in [0.2, 0.25) is 0 Å². The molecule has 0 radical (unpaired) electrons. The first-order chi connectivity index (χ1) is 15.0. The summed E-state index contributed by atoms with van der Waals surface area (Å²) in [7, 11) is -4.13. The molecule has 0 aromatic heterocycles. The Hall–Kier alpha value is -3.32. The van der Waals surface area contributed by atoms with Gasteiger partial charge in [-0.15, -0.1) is 0 Å². The summed E-state index contributed by atoms with van der Waals surface area (Å²) in [6, 6.07) is 4.23. The lowest BCUT2D eigenvalue weighted by Crippen LogP contribution is -2.43. The van der Waals surface area contributed by atoms with E-state index in [1.807, 2.05) is 0 Å². The SMILES string of the molecule is O=C(NCCC(NC(=O)c1ccc(B(O)O)c(F)c1)C(=O)O)c1ccc(B(O)O)c(F)c1. The van der Waals surface area contributed by atoms with Gasteiger partial charge in [0.25, 0.3) is 11.8 Å². The number of carbonyl (C=O) groups is 3. The van der Waals surface area contributed by atoms with Gasteiger partial charge in [-0.05, 0) is 30.7 Å². The lowest BCUT2D eigenvalue weighted by molar-refractivity contribution is -0.139. The minimum absolute atomic E-state index is 0.149. The molecule has 0 saturated carbocycles. The van der Waals surface area contributed by atoms with Crippen LogP contribution in [-0.4, -0.2) is 69.8 Å². The van der Waals surface area contributed by atoms with Crippen molar-refractivity contribution in [2.75, 3.05) is 6.54 Å². The summed E-state index contributed by atoms with van der Waals surface area (Å²) in [5, 5.41) is 49.7. The zero-order valence-electron chi connectivity index (χ0n) is 16.3. The second kappa shape index (κ2) is 10.8. The lowest BCUT2D eigenvalue weighted by atomic mass is 9.79. The van der Waals surface area contributed by atoms with Crippen molar-refractivity contribution < 1.29 is 48.4 Å². The van der Waals surface area contributed by atoms with Gasteiger partial charge >= 0.3 is 20.2 Å². The topological polar surface area (TPSA) is 176 Å². The third-order valence-electron chi connectivity index (χ3n) is 4.40.